The number of benzene rings is 4. The van der Waals surface area contributed by atoms with Gasteiger partial charge in [-0.05, 0) is 53.3 Å². The molecule has 194 valence electrons. The lowest BCUT2D eigenvalue weighted by Crippen LogP contribution is -2.35. The second-order valence-electron chi connectivity index (χ2n) is 9.92. The van der Waals surface area contributed by atoms with E-state index in [2.05, 4.69) is 93.4 Å². The Labute approximate surface area is 226 Å². The molecule has 3 heterocycles. The number of nitrogens with zero attached hydrogens (tertiary/aromatic N) is 2. The fraction of sp³-hybridized carbons (Fsp3) is 0.161. The zero-order chi connectivity index (χ0) is 26.2. The number of anilines is 2. The minimum atomic E-state index is 0.158. The van der Waals surface area contributed by atoms with E-state index in [1.807, 2.05) is 36.4 Å². The quantitative estimate of drug-likeness (QED) is 0.225. The Balaban J connectivity index is 1.43. The fourth-order valence-electron chi connectivity index (χ4n) is 5.59. The number of fused-ring (bicyclic) bond motifs is 2. The van der Waals surface area contributed by atoms with Crippen molar-refractivity contribution in [3.8, 4) is 16.9 Å². The molecule has 0 saturated heterocycles. The molecule has 0 amide bonds. The van der Waals surface area contributed by atoms with Crippen LogP contribution in [0.4, 0.5) is 11.7 Å². The lowest BCUT2D eigenvalue weighted by atomic mass is 9.79. The predicted octanol–water partition coefficient (Wildman–Crippen LogP) is 6.06. The first-order valence-corrected chi connectivity index (χ1v) is 13.2. The molecule has 2 aliphatic rings. The van der Waals surface area contributed by atoms with Crippen LogP contribution < -0.4 is 26.5 Å². The normalized spacial score (nSPS) is 18.3. The number of nitrogens with one attached hydrogen (secondary N) is 4. The molecule has 0 radical (unpaired) electrons. The van der Waals surface area contributed by atoms with Gasteiger partial charge in [0.05, 0.1) is 12.3 Å². The summed E-state index contributed by atoms with van der Waals surface area (Å²) in [4.78, 5) is 4.68. The van der Waals surface area contributed by atoms with Gasteiger partial charge in [-0.25, -0.2) is 5.53 Å². The molecule has 5 aromatic rings. The summed E-state index contributed by atoms with van der Waals surface area (Å²) in [6.45, 7) is 2.94. The van der Waals surface area contributed by atoms with Gasteiger partial charge in [0.1, 0.15) is 11.3 Å². The molecule has 8 heteroatoms. The Morgan fingerprint density at radius 3 is 2.51 bits per heavy atom. The van der Waals surface area contributed by atoms with Crippen molar-refractivity contribution in [2.75, 3.05) is 11.9 Å². The van der Waals surface area contributed by atoms with E-state index in [1.54, 1.807) is 0 Å². The molecule has 2 aliphatic heterocycles. The van der Waals surface area contributed by atoms with E-state index in [1.165, 1.54) is 5.56 Å². The van der Waals surface area contributed by atoms with E-state index in [-0.39, 0.29) is 5.92 Å². The summed E-state index contributed by atoms with van der Waals surface area (Å²) < 4.78 is 12.5. The Morgan fingerprint density at radius 1 is 0.897 bits per heavy atom. The predicted molar refractivity (Wildman–Crippen MR) is 153 cm³/mol. The molecule has 39 heavy (non-hydrogen) atoms. The van der Waals surface area contributed by atoms with Crippen molar-refractivity contribution in [2.45, 2.75) is 19.3 Å². The summed E-state index contributed by atoms with van der Waals surface area (Å²) in [7, 11) is 0. The Kier molecular flexibility index (Phi) is 5.86. The minimum absolute atomic E-state index is 0.158. The zero-order valence-corrected chi connectivity index (χ0v) is 21.4. The molecule has 1 aromatic heterocycles. The third-order valence-electron chi connectivity index (χ3n) is 7.43. The van der Waals surface area contributed by atoms with Gasteiger partial charge in [-0.15, -0.1) is 10.6 Å². The van der Waals surface area contributed by atoms with Gasteiger partial charge in [-0.1, -0.05) is 73.7 Å². The van der Waals surface area contributed by atoms with E-state index >= 15 is 0 Å². The number of para-hydroxylation sites is 2. The van der Waals surface area contributed by atoms with Crippen LogP contribution in [-0.4, -0.2) is 17.4 Å². The monoisotopic (exact) mass is 516 g/mol. The second kappa shape index (κ2) is 9.81. The molecular formula is C31H28N6O2. The number of hydrazone groups is 1. The second-order valence-corrected chi connectivity index (χ2v) is 9.92. The largest absolute Gasteiger partial charge is 0.491 e. The minimum Gasteiger partial charge on any atom is -0.491 e. The maximum absolute atomic E-state index is 6.48. The van der Waals surface area contributed by atoms with Crippen LogP contribution >= 0.6 is 0 Å². The average molecular weight is 517 g/mol. The van der Waals surface area contributed by atoms with Crippen LogP contribution in [0.1, 0.15) is 36.0 Å². The average Bonchev–Trinajstić information content (AvgIpc) is 3.61. The first-order valence-electron chi connectivity index (χ1n) is 13.2. The SMILES string of the molecule is CC1CCOc2c(Nc3nc4ccccc4o3)cc(-c3ccccc3C3=NNNN3)cc2C1c1ccccc1. The Morgan fingerprint density at radius 2 is 1.69 bits per heavy atom. The molecule has 4 aromatic carbocycles. The lowest BCUT2D eigenvalue weighted by Gasteiger charge is -2.25. The highest BCUT2D eigenvalue weighted by Gasteiger charge is 2.30. The van der Waals surface area contributed by atoms with Crippen LogP contribution in [0.25, 0.3) is 22.2 Å². The van der Waals surface area contributed by atoms with Crippen LogP contribution in [0.15, 0.2) is 101 Å². The molecule has 0 spiro atoms. The molecule has 4 N–H and O–H groups in total. The topological polar surface area (TPSA) is 95.7 Å². The van der Waals surface area contributed by atoms with E-state index in [0.29, 0.717) is 18.5 Å². The van der Waals surface area contributed by atoms with Crippen LogP contribution in [0.3, 0.4) is 0 Å². The number of oxazole rings is 1. The molecule has 7 rings (SSSR count). The number of rotatable bonds is 5. The highest BCUT2D eigenvalue weighted by Crippen LogP contribution is 2.47. The van der Waals surface area contributed by atoms with Crippen LogP contribution in [-0.2, 0) is 0 Å². The highest BCUT2D eigenvalue weighted by atomic mass is 16.5. The molecule has 2 unspecified atom stereocenters. The number of hydrogen-bond donors (Lipinski definition) is 4. The summed E-state index contributed by atoms with van der Waals surface area (Å²) in [5, 5.41) is 7.82. The zero-order valence-electron chi connectivity index (χ0n) is 21.4. The van der Waals surface area contributed by atoms with Gasteiger partial charge in [-0.2, -0.15) is 4.98 Å². The van der Waals surface area contributed by atoms with Crippen LogP contribution in [0, 0.1) is 5.92 Å². The van der Waals surface area contributed by atoms with Gasteiger partial charge in [-0.3, -0.25) is 5.43 Å². The third kappa shape index (κ3) is 4.34. The highest BCUT2D eigenvalue weighted by molar-refractivity contribution is 6.05. The maximum atomic E-state index is 6.48. The summed E-state index contributed by atoms with van der Waals surface area (Å²) in [5.41, 5.74) is 16.5. The van der Waals surface area contributed by atoms with Crippen molar-refractivity contribution < 1.29 is 9.15 Å². The first kappa shape index (κ1) is 23.3. The van der Waals surface area contributed by atoms with Crippen molar-refractivity contribution in [1.29, 1.82) is 0 Å². The summed E-state index contributed by atoms with van der Waals surface area (Å²) in [6, 6.07) is 31.5. The van der Waals surface area contributed by atoms with Crippen molar-refractivity contribution in [2.24, 2.45) is 11.0 Å². The van der Waals surface area contributed by atoms with Gasteiger partial charge in [0, 0.05) is 17.0 Å². The molecular weight excluding hydrogens is 488 g/mol. The molecule has 0 bridgehead atoms. The number of amidine groups is 1. The fourth-order valence-corrected chi connectivity index (χ4v) is 5.59. The third-order valence-corrected chi connectivity index (χ3v) is 7.43. The van der Waals surface area contributed by atoms with Crippen molar-refractivity contribution in [1.82, 2.24) is 21.5 Å². The van der Waals surface area contributed by atoms with Crippen LogP contribution in [0.5, 0.6) is 5.75 Å². The van der Waals surface area contributed by atoms with Crippen LogP contribution in [0.2, 0.25) is 0 Å². The lowest BCUT2D eigenvalue weighted by molar-refractivity contribution is 0.298. The molecule has 0 saturated carbocycles. The summed E-state index contributed by atoms with van der Waals surface area (Å²) in [6.07, 6.45) is 0.945. The standard InChI is InChI=1S/C31H28N6O2/c1-19-15-16-38-29-24(28(19)20-9-3-2-4-10-20)17-21(22-11-5-6-12-23(22)30-34-36-37-35-30)18-26(29)33-31-32-25-13-7-8-14-27(25)39-31/h2-14,17-19,28,36-37H,15-16H2,1H3,(H,32,33)(H,34,35). The Hall–Kier alpha value is -4.82. The van der Waals surface area contributed by atoms with Crippen molar-refractivity contribution in [3.63, 3.8) is 0 Å². The smallest absolute Gasteiger partial charge is 0.300 e. The van der Waals surface area contributed by atoms with Gasteiger partial charge < -0.3 is 14.5 Å². The number of hydrogen-bond acceptors (Lipinski definition) is 8. The summed E-state index contributed by atoms with van der Waals surface area (Å²) >= 11 is 0. The summed E-state index contributed by atoms with van der Waals surface area (Å²) in [5.74, 6) is 2.09. The van der Waals surface area contributed by atoms with E-state index in [4.69, 9.17) is 9.15 Å². The van der Waals surface area contributed by atoms with Gasteiger partial charge in [0.2, 0.25) is 0 Å². The van der Waals surface area contributed by atoms with Crippen molar-refractivity contribution >= 4 is 28.6 Å². The number of hydrazine groups is 2. The number of ether oxygens (including phenoxy) is 1. The van der Waals surface area contributed by atoms with Gasteiger partial charge in [0.15, 0.2) is 11.4 Å². The van der Waals surface area contributed by atoms with Gasteiger partial charge >= 0.3 is 0 Å². The molecule has 2 atom stereocenters. The first-order chi connectivity index (χ1) is 19.2. The van der Waals surface area contributed by atoms with E-state index in [0.717, 1.165) is 57.0 Å². The Bertz CT molecular complexity index is 1650. The van der Waals surface area contributed by atoms with E-state index < -0.39 is 0 Å². The van der Waals surface area contributed by atoms with Gasteiger partial charge in [0.25, 0.3) is 6.01 Å². The molecule has 8 nitrogen and oxygen atoms in total. The number of aromatic nitrogens is 1. The maximum Gasteiger partial charge on any atom is 0.300 e. The van der Waals surface area contributed by atoms with Crippen molar-refractivity contribution in [3.05, 3.63) is 108 Å². The molecule has 0 aliphatic carbocycles. The van der Waals surface area contributed by atoms with E-state index in [9.17, 15) is 0 Å². The molecule has 0 fully saturated rings.